The third-order valence-corrected chi connectivity index (χ3v) is 7.43. The molecule has 0 bridgehead atoms. The second kappa shape index (κ2) is 10.7. The molecule has 200 valence electrons. The summed E-state index contributed by atoms with van der Waals surface area (Å²) in [7, 11) is 0. The Morgan fingerprint density at radius 2 is 1.77 bits per heavy atom. The van der Waals surface area contributed by atoms with Crippen molar-refractivity contribution in [3.63, 3.8) is 0 Å². The Hall–Kier alpha value is -3.92. The standard InChI is InChI=1S/C28H24ClF3N6O/c29-19-8-9-20(26(11-19)39-15-18-7-6-17(10-21(18)30)27-34-36-37-35-27)28-33-24-12-22(31)23(32)13-25(24)38(28)14-16-4-2-1-3-5-16/h6-13,16H,1-5,14-15H2,(H,34,35,36,37). The molecular formula is C28H24ClF3N6O. The first-order valence-corrected chi connectivity index (χ1v) is 13.1. The molecule has 5 aromatic rings. The minimum atomic E-state index is -0.955. The third-order valence-electron chi connectivity index (χ3n) is 7.20. The van der Waals surface area contributed by atoms with Crippen molar-refractivity contribution < 1.29 is 17.9 Å². The smallest absolute Gasteiger partial charge is 0.179 e. The van der Waals surface area contributed by atoms with E-state index in [4.69, 9.17) is 21.3 Å². The largest absolute Gasteiger partial charge is 0.488 e. The van der Waals surface area contributed by atoms with Gasteiger partial charge in [0.2, 0.25) is 0 Å². The van der Waals surface area contributed by atoms with E-state index >= 15 is 0 Å². The normalized spacial score (nSPS) is 14.3. The van der Waals surface area contributed by atoms with E-state index in [9.17, 15) is 13.2 Å². The molecule has 11 heteroatoms. The van der Waals surface area contributed by atoms with Gasteiger partial charge in [-0.1, -0.05) is 43.0 Å². The summed E-state index contributed by atoms with van der Waals surface area (Å²) < 4.78 is 51.4. The van der Waals surface area contributed by atoms with Gasteiger partial charge in [0.15, 0.2) is 17.5 Å². The van der Waals surface area contributed by atoms with Crippen LogP contribution in [0.1, 0.15) is 37.7 Å². The van der Waals surface area contributed by atoms with Crippen LogP contribution >= 0.6 is 11.6 Å². The molecule has 1 aliphatic carbocycles. The van der Waals surface area contributed by atoms with Crippen LogP contribution in [0.2, 0.25) is 5.02 Å². The van der Waals surface area contributed by atoms with Gasteiger partial charge in [0, 0.05) is 34.8 Å². The highest BCUT2D eigenvalue weighted by molar-refractivity contribution is 6.30. The molecule has 0 spiro atoms. The van der Waals surface area contributed by atoms with Gasteiger partial charge in [0.05, 0.1) is 16.6 Å². The minimum absolute atomic E-state index is 0.0831. The molecule has 3 aromatic carbocycles. The first-order valence-electron chi connectivity index (χ1n) is 12.8. The number of nitrogens with one attached hydrogen (secondary N) is 1. The summed E-state index contributed by atoms with van der Waals surface area (Å²) in [5, 5.41) is 13.9. The van der Waals surface area contributed by atoms with Gasteiger partial charge in [-0.15, -0.1) is 5.10 Å². The average Bonchev–Trinajstić information content (AvgIpc) is 3.58. The molecule has 1 aliphatic rings. The average molecular weight is 553 g/mol. The topological polar surface area (TPSA) is 81.5 Å². The Labute approximate surface area is 227 Å². The van der Waals surface area contributed by atoms with E-state index in [2.05, 4.69) is 20.6 Å². The number of halogens is 4. The second-order valence-electron chi connectivity index (χ2n) is 9.79. The van der Waals surface area contributed by atoms with E-state index in [-0.39, 0.29) is 6.61 Å². The zero-order chi connectivity index (χ0) is 26.9. The Morgan fingerprint density at radius 1 is 0.949 bits per heavy atom. The van der Waals surface area contributed by atoms with Crippen molar-refractivity contribution >= 4 is 22.6 Å². The lowest BCUT2D eigenvalue weighted by atomic mass is 9.89. The molecule has 0 radical (unpaired) electrons. The molecule has 0 aliphatic heterocycles. The molecule has 2 heterocycles. The number of hydrogen-bond acceptors (Lipinski definition) is 5. The number of aromatic nitrogens is 6. The van der Waals surface area contributed by atoms with E-state index in [1.165, 1.54) is 18.6 Å². The summed E-state index contributed by atoms with van der Waals surface area (Å²) in [4.78, 5) is 4.69. The zero-order valence-electron chi connectivity index (χ0n) is 20.8. The summed E-state index contributed by atoms with van der Waals surface area (Å²) in [6.07, 6.45) is 5.61. The van der Waals surface area contributed by atoms with Gasteiger partial charge in [0.1, 0.15) is 24.0 Å². The number of nitrogens with zero attached hydrogens (tertiary/aromatic N) is 5. The van der Waals surface area contributed by atoms with Gasteiger partial charge in [-0.05, 0) is 53.5 Å². The highest BCUT2D eigenvalue weighted by Crippen LogP contribution is 2.37. The van der Waals surface area contributed by atoms with Crippen molar-refractivity contribution in [3.05, 3.63) is 76.6 Å². The lowest BCUT2D eigenvalue weighted by Gasteiger charge is -2.23. The summed E-state index contributed by atoms with van der Waals surface area (Å²) in [5.41, 5.74) is 2.28. The molecule has 7 nitrogen and oxygen atoms in total. The molecule has 6 rings (SSSR count). The maximum atomic E-state index is 14.9. The van der Waals surface area contributed by atoms with Crippen LogP contribution in [0.15, 0.2) is 48.5 Å². The van der Waals surface area contributed by atoms with Crippen molar-refractivity contribution in [3.8, 4) is 28.5 Å². The maximum Gasteiger partial charge on any atom is 0.179 e. The number of tetrazole rings is 1. The maximum absolute atomic E-state index is 14.9. The molecule has 1 saturated carbocycles. The lowest BCUT2D eigenvalue weighted by molar-refractivity contribution is 0.300. The Balaban J connectivity index is 1.36. The first kappa shape index (κ1) is 25.4. The Kier molecular flexibility index (Phi) is 6.95. The van der Waals surface area contributed by atoms with Gasteiger partial charge >= 0.3 is 0 Å². The van der Waals surface area contributed by atoms with Gasteiger partial charge in [-0.3, -0.25) is 0 Å². The van der Waals surface area contributed by atoms with E-state index in [0.717, 1.165) is 31.7 Å². The monoisotopic (exact) mass is 552 g/mol. The van der Waals surface area contributed by atoms with Crippen LogP contribution in [0, 0.1) is 23.4 Å². The minimum Gasteiger partial charge on any atom is -0.488 e. The summed E-state index contributed by atoms with van der Waals surface area (Å²) in [6, 6.07) is 12.0. The number of fused-ring (bicyclic) bond motifs is 1. The highest BCUT2D eigenvalue weighted by atomic mass is 35.5. The van der Waals surface area contributed by atoms with Gasteiger partial charge in [-0.25, -0.2) is 23.3 Å². The van der Waals surface area contributed by atoms with Gasteiger partial charge in [0.25, 0.3) is 0 Å². The van der Waals surface area contributed by atoms with Crippen LogP contribution in [-0.4, -0.2) is 30.2 Å². The quantitative estimate of drug-likeness (QED) is 0.233. The number of imidazole rings is 1. The molecule has 39 heavy (non-hydrogen) atoms. The molecule has 0 atom stereocenters. The first-order chi connectivity index (χ1) is 19.0. The van der Waals surface area contributed by atoms with E-state index < -0.39 is 17.5 Å². The van der Waals surface area contributed by atoms with Crippen molar-refractivity contribution in [1.29, 1.82) is 0 Å². The molecular weight excluding hydrogens is 529 g/mol. The van der Waals surface area contributed by atoms with Crippen LogP contribution in [-0.2, 0) is 13.2 Å². The highest BCUT2D eigenvalue weighted by Gasteiger charge is 2.23. The predicted molar refractivity (Wildman–Crippen MR) is 141 cm³/mol. The van der Waals surface area contributed by atoms with Gasteiger partial charge in [-0.2, -0.15) is 0 Å². The van der Waals surface area contributed by atoms with E-state index in [0.29, 0.717) is 62.6 Å². The van der Waals surface area contributed by atoms with Crippen LogP contribution in [0.4, 0.5) is 13.2 Å². The van der Waals surface area contributed by atoms with Crippen molar-refractivity contribution in [2.24, 2.45) is 5.92 Å². The predicted octanol–water partition coefficient (Wildman–Crippen LogP) is 7.11. The fourth-order valence-corrected chi connectivity index (χ4v) is 5.35. The van der Waals surface area contributed by atoms with Gasteiger partial charge < -0.3 is 9.30 Å². The van der Waals surface area contributed by atoms with Crippen molar-refractivity contribution in [2.45, 2.75) is 45.3 Å². The van der Waals surface area contributed by atoms with E-state index in [1.54, 1.807) is 30.3 Å². The van der Waals surface area contributed by atoms with Crippen LogP contribution in [0.5, 0.6) is 5.75 Å². The number of benzene rings is 3. The molecule has 1 N–H and O–H groups in total. The molecule has 1 fully saturated rings. The Morgan fingerprint density at radius 3 is 2.54 bits per heavy atom. The summed E-state index contributed by atoms with van der Waals surface area (Å²) in [6.45, 7) is 0.534. The van der Waals surface area contributed by atoms with Crippen LogP contribution in [0.25, 0.3) is 33.8 Å². The van der Waals surface area contributed by atoms with Crippen molar-refractivity contribution in [2.75, 3.05) is 0 Å². The fourth-order valence-electron chi connectivity index (χ4n) is 5.19. The fraction of sp³-hybridized carbons (Fsp3) is 0.286. The second-order valence-corrected chi connectivity index (χ2v) is 10.2. The summed E-state index contributed by atoms with van der Waals surface area (Å²) >= 11 is 6.31. The molecule has 0 saturated heterocycles. The number of rotatable bonds is 7. The number of ether oxygens (including phenoxy) is 1. The third kappa shape index (κ3) is 5.21. The number of hydrogen-bond donors (Lipinski definition) is 1. The zero-order valence-corrected chi connectivity index (χ0v) is 21.6. The number of aromatic amines is 1. The lowest BCUT2D eigenvalue weighted by Crippen LogP contribution is -2.15. The Bertz CT molecular complexity index is 1630. The van der Waals surface area contributed by atoms with Crippen molar-refractivity contribution in [1.82, 2.24) is 30.2 Å². The molecule has 2 aromatic heterocycles. The van der Waals surface area contributed by atoms with Crippen LogP contribution in [0.3, 0.4) is 0 Å². The van der Waals surface area contributed by atoms with Crippen LogP contribution < -0.4 is 4.74 Å². The number of H-pyrrole nitrogens is 1. The summed E-state index contributed by atoms with van der Waals surface area (Å²) in [5.74, 6) is -0.721. The molecule has 0 amide bonds. The molecule has 0 unspecified atom stereocenters. The SMILES string of the molecule is Fc1cc2nc(-c3ccc(Cl)cc3OCc3ccc(-c4nnn[nH]4)cc3F)n(CC3CCCCC3)c2cc1F. The van der Waals surface area contributed by atoms with E-state index in [1.807, 2.05) is 4.57 Å².